The van der Waals surface area contributed by atoms with Gasteiger partial charge >= 0.3 is 0 Å². The van der Waals surface area contributed by atoms with Gasteiger partial charge in [0, 0.05) is 28.6 Å². The maximum Gasteiger partial charge on any atom is 0.103 e. The normalized spacial score (nSPS) is 17.8. The molecule has 0 atom stereocenters. The Hall–Kier alpha value is -0.0600. The third-order valence-corrected chi connectivity index (χ3v) is 5.13. The van der Waals surface area contributed by atoms with E-state index < -0.39 is 0 Å². The van der Waals surface area contributed by atoms with Crippen LogP contribution in [0.25, 0.3) is 0 Å². The Labute approximate surface area is 93.3 Å². The van der Waals surface area contributed by atoms with Crippen molar-refractivity contribution in [2.75, 3.05) is 0 Å². The average molecular weight is 228 g/mol. The molecule has 2 N–H and O–H groups in total. The highest BCUT2D eigenvalue weighted by Crippen LogP contribution is 2.32. The van der Waals surface area contributed by atoms with E-state index >= 15 is 0 Å². The number of aromatic nitrogens is 1. The first-order valence-electron chi connectivity index (χ1n) is 5.13. The maximum absolute atomic E-state index is 5.55. The molecule has 1 heterocycles. The Bertz CT molecular complexity index is 279. The molecule has 0 aromatic carbocycles. The van der Waals surface area contributed by atoms with Crippen LogP contribution in [0.1, 0.15) is 35.6 Å². The highest BCUT2D eigenvalue weighted by molar-refractivity contribution is 7.99. The van der Waals surface area contributed by atoms with Gasteiger partial charge in [-0.15, -0.1) is 11.3 Å². The number of nitrogens with two attached hydrogens (primary N) is 1. The summed E-state index contributed by atoms with van der Waals surface area (Å²) in [5, 5.41) is 2.13. The van der Waals surface area contributed by atoms with Crippen molar-refractivity contribution in [3.05, 3.63) is 16.1 Å². The minimum atomic E-state index is 0.631. The summed E-state index contributed by atoms with van der Waals surface area (Å²) in [5.41, 5.74) is 5.55. The number of thioether (sulfide) groups is 1. The molecule has 0 amide bonds. The Kier molecular flexibility index (Phi) is 3.84. The van der Waals surface area contributed by atoms with Gasteiger partial charge in [-0.1, -0.05) is 12.8 Å². The van der Waals surface area contributed by atoms with E-state index in [2.05, 4.69) is 16.7 Å². The van der Waals surface area contributed by atoms with Crippen LogP contribution in [0, 0.1) is 0 Å². The van der Waals surface area contributed by atoms with Crippen LogP contribution >= 0.6 is 23.1 Å². The fourth-order valence-electron chi connectivity index (χ4n) is 1.75. The summed E-state index contributed by atoms with van der Waals surface area (Å²) >= 11 is 3.83. The standard InChI is InChI=1S/C10H16N2S2/c11-5-9-6-12-10(14-9)7-13-8-3-1-2-4-8/h6,8H,1-5,7,11H2. The van der Waals surface area contributed by atoms with Crippen LogP contribution in [0.3, 0.4) is 0 Å². The van der Waals surface area contributed by atoms with E-state index in [0.717, 1.165) is 11.0 Å². The van der Waals surface area contributed by atoms with E-state index in [1.54, 1.807) is 11.3 Å². The SMILES string of the molecule is NCc1cnc(CSC2CCCC2)s1. The molecule has 1 fully saturated rings. The molecule has 0 aliphatic heterocycles. The van der Waals surface area contributed by atoms with Crippen molar-refractivity contribution < 1.29 is 0 Å². The van der Waals surface area contributed by atoms with E-state index in [-0.39, 0.29) is 0 Å². The summed E-state index contributed by atoms with van der Waals surface area (Å²) in [6, 6.07) is 0. The molecule has 1 aromatic heterocycles. The lowest BCUT2D eigenvalue weighted by Gasteiger charge is -2.05. The predicted molar refractivity (Wildman–Crippen MR) is 63.6 cm³/mol. The molecule has 4 heteroatoms. The van der Waals surface area contributed by atoms with Crippen molar-refractivity contribution in [3.63, 3.8) is 0 Å². The summed E-state index contributed by atoms with van der Waals surface area (Å²) in [6.07, 6.45) is 7.56. The second kappa shape index (κ2) is 5.14. The average Bonchev–Trinajstić information content (AvgIpc) is 2.86. The summed E-state index contributed by atoms with van der Waals surface area (Å²) in [6.45, 7) is 0.631. The molecule has 78 valence electrons. The van der Waals surface area contributed by atoms with Crippen molar-refractivity contribution in [1.29, 1.82) is 0 Å². The Morgan fingerprint density at radius 1 is 1.50 bits per heavy atom. The second-order valence-electron chi connectivity index (χ2n) is 3.64. The highest BCUT2D eigenvalue weighted by atomic mass is 32.2. The first-order chi connectivity index (χ1) is 6.88. The fourth-order valence-corrected chi connectivity index (χ4v) is 3.91. The molecular weight excluding hydrogens is 212 g/mol. The fraction of sp³-hybridized carbons (Fsp3) is 0.700. The molecule has 0 bridgehead atoms. The lowest BCUT2D eigenvalue weighted by molar-refractivity contribution is 0.886. The quantitative estimate of drug-likeness (QED) is 0.861. The van der Waals surface area contributed by atoms with Gasteiger partial charge in [0.15, 0.2) is 0 Å². The number of nitrogens with zero attached hydrogens (tertiary/aromatic N) is 1. The zero-order chi connectivity index (χ0) is 9.80. The van der Waals surface area contributed by atoms with E-state index in [4.69, 9.17) is 5.73 Å². The molecule has 0 radical (unpaired) electrons. The molecule has 1 aliphatic rings. The van der Waals surface area contributed by atoms with Gasteiger partial charge in [0.1, 0.15) is 5.01 Å². The van der Waals surface area contributed by atoms with Crippen LogP contribution in [0.2, 0.25) is 0 Å². The minimum absolute atomic E-state index is 0.631. The third-order valence-electron chi connectivity index (χ3n) is 2.55. The lowest BCUT2D eigenvalue weighted by Crippen LogP contribution is -1.94. The van der Waals surface area contributed by atoms with Crippen LogP contribution in [-0.2, 0) is 12.3 Å². The van der Waals surface area contributed by atoms with Gasteiger partial charge in [0.25, 0.3) is 0 Å². The first kappa shape index (κ1) is 10.5. The topological polar surface area (TPSA) is 38.9 Å². The van der Waals surface area contributed by atoms with Gasteiger partial charge in [0.05, 0.1) is 0 Å². The van der Waals surface area contributed by atoms with Crippen LogP contribution in [0.5, 0.6) is 0 Å². The molecule has 1 saturated carbocycles. The molecule has 0 unspecified atom stereocenters. The zero-order valence-corrected chi connectivity index (χ0v) is 9.87. The van der Waals surface area contributed by atoms with Crippen molar-refractivity contribution in [1.82, 2.24) is 4.98 Å². The molecular formula is C10H16N2S2. The predicted octanol–water partition coefficient (Wildman–Crippen LogP) is 2.78. The number of thiazole rings is 1. The van der Waals surface area contributed by atoms with Crippen LogP contribution < -0.4 is 5.73 Å². The summed E-state index contributed by atoms with van der Waals surface area (Å²) in [4.78, 5) is 5.57. The number of hydrogen-bond donors (Lipinski definition) is 1. The second-order valence-corrected chi connectivity index (χ2v) is 6.13. The van der Waals surface area contributed by atoms with E-state index in [9.17, 15) is 0 Å². The first-order valence-corrected chi connectivity index (χ1v) is 7.00. The molecule has 1 aliphatic carbocycles. The molecule has 14 heavy (non-hydrogen) atoms. The molecule has 2 rings (SSSR count). The minimum Gasteiger partial charge on any atom is -0.326 e. The summed E-state index contributed by atoms with van der Waals surface area (Å²) in [5.74, 6) is 1.08. The zero-order valence-electron chi connectivity index (χ0n) is 8.24. The van der Waals surface area contributed by atoms with Crippen LogP contribution in [0.4, 0.5) is 0 Å². The summed E-state index contributed by atoms with van der Waals surface area (Å²) < 4.78 is 0. The Balaban J connectivity index is 1.79. The van der Waals surface area contributed by atoms with Gasteiger partial charge in [-0.3, -0.25) is 0 Å². The smallest absolute Gasteiger partial charge is 0.103 e. The van der Waals surface area contributed by atoms with Crippen LogP contribution in [0.15, 0.2) is 6.20 Å². The van der Waals surface area contributed by atoms with E-state index in [0.29, 0.717) is 6.54 Å². The Morgan fingerprint density at radius 3 is 2.93 bits per heavy atom. The number of rotatable bonds is 4. The van der Waals surface area contributed by atoms with Crippen molar-refractivity contribution in [2.24, 2.45) is 5.73 Å². The van der Waals surface area contributed by atoms with Crippen molar-refractivity contribution in [2.45, 2.75) is 43.2 Å². The maximum atomic E-state index is 5.55. The third kappa shape index (κ3) is 2.72. The van der Waals surface area contributed by atoms with E-state index in [1.165, 1.54) is 35.6 Å². The Morgan fingerprint density at radius 2 is 2.29 bits per heavy atom. The number of hydrogen-bond acceptors (Lipinski definition) is 4. The van der Waals surface area contributed by atoms with Gasteiger partial charge in [-0.05, 0) is 12.8 Å². The van der Waals surface area contributed by atoms with Crippen LogP contribution in [-0.4, -0.2) is 10.2 Å². The summed E-state index contributed by atoms with van der Waals surface area (Å²) in [7, 11) is 0. The van der Waals surface area contributed by atoms with Gasteiger partial charge in [0.2, 0.25) is 0 Å². The lowest BCUT2D eigenvalue weighted by atomic mass is 10.4. The molecule has 0 saturated heterocycles. The van der Waals surface area contributed by atoms with Crippen molar-refractivity contribution >= 4 is 23.1 Å². The molecule has 0 spiro atoms. The highest BCUT2D eigenvalue weighted by Gasteiger charge is 2.15. The molecule has 1 aromatic rings. The van der Waals surface area contributed by atoms with Gasteiger partial charge < -0.3 is 5.73 Å². The van der Waals surface area contributed by atoms with Gasteiger partial charge in [-0.25, -0.2) is 4.98 Å². The van der Waals surface area contributed by atoms with Gasteiger partial charge in [-0.2, -0.15) is 11.8 Å². The largest absolute Gasteiger partial charge is 0.326 e. The monoisotopic (exact) mass is 228 g/mol. The van der Waals surface area contributed by atoms with E-state index in [1.807, 2.05) is 6.20 Å². The van der Waals surface area contributed by atoms with Crippen molar-refractivity contribution in [3.8, 4) is 0 Å². The molecule has 2 nitrogen and oxygen atoms in total.